The number of benzene rings is 1. The molecule has 0 amide bonds. The van der Waals surface area contributed by atoms with Crippen molar-refractivity contribution in [1.82, 2.24) is 5.10 Å². The van der Waals surface area contributed by atoms with E-state index in [1.165, 1.54) is 0 Å². The maximum absolute atomic E-state index is 4.17. The zero-order valence-corrected chi connectivity index (χ0v) is 6.59. The Labute approximate surface area is 71.1 Å². The Balaban J connectivity index is 2.46. The van der Waals surface area contributed by atoms with Crippen LogP contribution in [0.3, 0.4) is 0 Å². The van der Waals surface area contributed by atoms with E-state index in [1.807, 2.05) is 53.3 Å². The van der Waals surface area contributed by atoms with E-state index in [2.05, 4.69) is 5.10 Å². The van der Waals surface area contributed by atoms with Crippen molar-refractivity contribution >= 4 is 0 Å². The van der Waals surface area contributed by atoms with Crippen LogP contribution in [-0.4, -0.2) is 5.10 Å². The van der Waals surface area contributed by atoms with Gasteiger partial charge in [0, 0.05) is 18.2 Å². The Morgan fingerprint density at radius 3 is 2.42 bits per heavy atom. The molecule has 0 radical (unpaired) electrons. The lowest BCUT2D eigenvalue weighted by Gasteiger charge is -1.89. The van der Waals surface area contributed by atoms with Crippen LogP contribution in [0, 0.1) is 0 Å². The van der Waals surface area contributed by atoms with Crippen LogP contribution in [0.15, 0.2) is 54.9 Å². The largest absolute Gasteiger partial charge is 0.238 e. The van der Waals surface area contributed by atoms with E-state index in [4.69, 9.17) is 0 Å². The van der Waals surface area contributed by atoms with Crippen LogP contribution < -0.4 is 4.68 Å². The van der Waals surface area contributed by atoms with Crippen LogP contribution in [-0.2, 0) is 0 Å². The van der Waals surface area contributed by atoms with Crippen LogP contribution in [0.25, 0.3) is 5.69 Å². The molecule has 2 rings (SSSR count). The predicted octanol–water partition coefficient (Wildman–Crippen LogP) is 1.36. The predicted molar refractivity (Wildman–Crippen MR) is 45.8 cm³/mol. The molecule has 0 saturated heterocycles. The number of nitrogens with zero attached hydrogens (tertiary/aromatic N) is 2. The summed E-state index contributed by atoms with van der Waals surface area (Å²) >= 11 is 0. The van der Waals surface area contributed by atoms with Gasteiger partial charge in [-0.05, 0) is 11.2 Å². The van der Waals surface area contributed by atoms with Gasteiger partial charge in [-0.2, -0.15) is 0 Å². The molecule has 1 aromatic carbocycles. The van der Waals surface area contributed by atoms with E-state index in [1.54, 1.807) is 6.20 Å². The van der Waals surface area contributed by atoms with Gasteiger partial charge in [-0.1, -0.05) is 22.9 Å². The average Bonchev–Trinajstić information content (AvgIpc) is 2.21. The van der Waals surface area contributed by atoms with E-state index in [0.717, 1.165) is 5.69 Å². The molecule has 0 bridgehead atoms. The summed E-state index contributed by atoms with van der Waals surface area (Å²) in [6.07, 6.45) is 3.70. The summed E-state index contributed by atoms with van der Waals surface area (Å²) in [7, 11) is 0. The zero-order chi connectivity index (χ0) is 8.23. The molecule has 12 heavy (non-hydrogen) atoms. The fourth-order valence-corrected chi connectivity index (χ4v) is 1.06. The second-order valence-electron chi connectivity index (χ2n) is 2.48. The van der Waals surface area contributed by atoms with E-state index in [0.29, 0.717) is 0 Å². The summed E-state index contributed by atoms with van der Waals surface area (Å²) in [5.74, 6) is 0. The Hall–Kier alpha value is -1.70. The number of hydrogen-bond acceptors (Lipinski definition) is 1. The third-order valence-corrected chi connectivity index (χ3v) is 1.64. The van der Waals surface area contributed by atoms with Gasteiger partial charge in [0.05, 0.1) is 6.20 Å². The average molecular weight is 157 g/mol. The monoisotopic (exact) mass is 157 g/mol. The standard InChI is InChI=1S/C10H9N2/c1-2-6-10(7-3-1)12-9-5-4-8-11-12/h1-9H/q+1. The van der Waals surface area contributed by atoms with Gasteiger partial charge in [0.1, 0.15) is 0 Å². The second-order valence-corrected chi connectivity index (χ2v) is 2.48. The molecule has 0 fully saturated rings. The summed E-state index contributed by atoms with van der Waals surface area (Å²) in [5.41, 5.74) is 1.08. The molecule has 0 atom stereocenters. The van der Waals surface area contributed by atoms with Crippen LogP contribution >= 0.6 is 0 Å². The fourth-order valence-electron chi connectivity index (χ4n) is 1.06. The normalized spacial score (nSPS) is 9.67. The molecule has 0 aliphatic heterocycles. The van der Waals surface area contributed by atoms with Crippen LogP contribution in [0.5, 0.6) is 0 Å². The Bertz CT molecular complexity index is 305. The van der Waals surface area contributed by atoms with E-state index < -0.39 is 0 Å². The van der Waals surface area contributed by atoms with Gasteiger partial charge in [-0.25, -0.2) is 0 Å². The fraction of sp³-hybridized carbons (Fsp3) is 0. The summed E-state index contributed by atoms with van der Waals surface area (Å²) < 4.78 is 1.83. The van der Waals surface area contributed by atoms with Crippen LogP contribution in [0.4, 0.5) is 0 Å². The van der Waals surface area contributed by atoms with Crippen LogP contribution in [0.2, 0.25) is 0 Å². The minimum atomic E-state index is 1.08. The zero-order valence-electron chi connectivity index (χ0n) is 6.59. The van der Waals surface area contributed by atoms with Gasteiger partial charge >= 0.3 is 0 Å². The van der Waals surface area contributed by atoms with Gasteiger partial charge in [0.2, 0.25) is 11.9 Å². The summed E-state index contributed by atoms with van der Waals surface area (Å²) in [6.45, 7) is 0. The highest BCUT2D eigenvalue weighted by Crippen LogP contribution is 1.94. The van der Waals surface area contributed by atoms with E-state index in [9.17, 15) is 0 Å². The van der Waals surface area contributed by atoms with E-state index >= 15 is 0 Å². The third-order valence-electron chi connectivity index (χ3n) is 1.64. The molecule has 2 nitrogen and oxygen atoms in total. The molecule has 0 spiro atoms. The first kappa shape index (κ1) is 6.98. The number of hydrogen-bond donors (Lipinski definition) is 0. The molecule has 1 aromatic heterocycles. The topological polar surface area (TPSA) is 16.8 Å². The molecule has 0 unspecified atom stereocenters. The molecule has 0 aliphatic carbocycles. The van der Waals surface area contributed by atoms with Gasteiger partial charge in [0.15, 0.2) is 0 Å². The van der Waals surface area contributed by atoms with Crippen molar-refractivity contribution in [2.75, 3.05) is 0 Å². The molecule has 0 N–H and O–H groups in total. The molecular weight excluding hydrogens is 148 g/mol. The summed E-state index contributed by atoms with van der Waals surface area (Å²) in [4.78, 5) is 0. The first-order chi connectivity index (χ1) is 5.97. The first-order valence-corrected chi connectivity index (χ1v) is 3.85. The highest BCUT2D eigenvalue weighted by molar-refractivity contribution is 5.20. The van der Waals surface area contributed by atoms with Crippen molar-refractivity contribution in [2.45, 2.75) is 0 Å². The van der Waals surface area contributed by atoms with Crippen molar-refractivity contribution in [3.05, 3.63) is 54.9 Å². The highest BCUT2D eigenvalue weighted by atomic mass is 15.2. The van der Waals surface area contributed by atoms with E-state index in [-0.39, 0.29) is 0 Å². The lowest BCUT2D eigenvalue weighted by atomic mass is 10.3. The maximum Gasteiger partial charge on any atom is 0.238 e. The lowest BCUT2D eigenvalue weighted by Crippen LogP contribution is -2.33. The van der Waals surface area contributed by atoms with Crippen molar-refractivity contribution < 1.29 is 4.68 Å². The Kier molecular flexibility index (Phi) is 1.82. The summed E-state index contributed by atoms with van der Waals surface area (Å²) in [5, 5.41) is 4.17. The third kappa shape index (κ3) is 1.32. The molecule has 1 heterocycles. The quantitative estimate of drug-likeness (QED) is 0.571. The van der Waals surface area contributed by atoms with Crippen LogP contribution in [0.1, 0.15) is 0 Å². The Morgan fingerprint density at radius 2 is 1.75 bits per heavy atom. The smallest absolute Gasteiger partial charge is 0.0618 e. The molecular formula is C10H9N2+. The van der Waals surface area contributed by atoms with Gasteiger partial charge in [-0.15, -0.1) is 0 Å². The minimum absolute atomic E-state index is 1.08. The Morgan fingerprint density at radius 1 is 0.917 bits per heavy atom. The number of rotatable bonds is 1. The highest BCUT2D eigenvalue weighted by Gasteiger charge is 2.02. The molecule has 58 valence electrons. The van der Waals surface area contributed by atoms with Gasteiger partial charge in [0.25, 0.3) is 0 Å². The SMILES string of the molecule is c1ccc(-[n+]2ccccn2)cc1. The molecule has 0 saturated carbocycles. The molecule has 2 aromatic rings. The maximum atomic E-state index is 4.17. The van der Waals surface area contributed by atoms with Gasteiger partial charge in [-0.3, -0.25) is 0 Å². The van der Waals surface area contributed by atoms with Crippen molar-refractivity contribution in [3.8, 4) is 5.69 Å². The lowest BCUT2D eigenvalue weighted by molar-refractivity contribution is -0.659. The number of aromatic nitrogens is 2. The minimum Gasteiger partial charge on any atom is -0.0618 e. The second kappa shape index (κ2) is 3.13. The van der Waals surface area contributed by atoms with Crippen molar-refractivity contribution in [1.29, 1.82) is 0 Å². The first-order valence-electron chi connectivity index (χ1n) is 3.85. The van der Waals surface area contributed by atoms with Gasteiger partial charge < -0.3 is 0 Å². The summed E-state index contributed by atoms with van der Waals surface area (Å²) in [6, 6.07) is 13.9. The van der Waals surface area contributed by atoms with Crippen molar-refractivity contribution in [3.63, 3.8) is 0 Å². The molecule has 0 aliphatic rings. The van der Waals surface area contributed by atoms with Crippen molar-refractivity contribution in [2.24, 2.45) is 0 Å². The molecule has 2 heteroatoms. The number of para-hydroxylation sites is 1.